The monoisotopic (exact) mass is 262 g/mol. The molecule has 0 aromatic rings. The van der Waals surface area contributed by atoms with Gasteiger partial charge in [0, 0.05) is 26.3 Å². The predicted octanol–water partition coefficient (Wildman–Crippen LogP) is 1.26. The molecule has 0 aromatic carbocycles. The van der Waals surface area contributed by atoms with Crippen LogP contribution in [0.5, 0.6) is 0 Å². The van der Waals surface area contributed by atoms with E-state index in [2.05, 4.69) is 23.8 Å². The SMILES string of the molecule is COCCCNC(=O)C(C)NC(C)CCSC. The molecule has 2 atom stereocenters. The van der Waals surface area contributed by atoms with E-state index in [0.29, 0.717) is 19.2 Å². The Balaban J connectivity index is 3.65. The first kappa shape index (κ1) is 16.7. The average molecular weight is 262 g/mol. The van der Waals surface area contributed by atoms with Crippen molar-refractivity contribution < 1.29 is 9.53 Å². The predicted molar refractivity (Wildman–Crippen MR) is 74.6 cm³/mol. The number of rotatable bonds is 10. The first-order valence-electron chi connectivity index (χ1n) is 6.13. The lowest BCUT2D eigenvalue weighted by Crippen LogP contribution is -2.46. The van der Waals surface area contributed by atoms with Crippen molar-refractivity contribution in [2.75, 3.05) is 32.3 Å². The van der Waals surface area contributed by atoms with Crippen LogP contribution in [-0.4, -0.2) is 50.3 Å². The van der Waals surface area contributed by atoms with E-state index in [-0.39, 0.29) is 11.9 Å². The normalized spacial score (nSPS) is 14.4. The standard InChI is InChI=1S/C12H26N2O2S/c1-10(6-9-17-4)14-11(2)12(15)13-7-5-8-16-3/h10-11,14H,5-9H2,1-4H3,(H,13,15). The first-order chi connectivity index (χ1) is 8.11. The summed E-state index contributed by atoms with van der Waals surface area (Å²) < 4.78 is 4.92. The maximum absolute atomic E-state index is 11.7. The average Bonchev–Trinajstić information content (AvgIpc) is 2.31. The second kappa shape index (κ2) is 10.9. The number of carbonyl (C=O) groups excluding carboxylic acids is 1. The van der Waals surface area contributed by atoms with Crippen molar-refractivity contribution in [3.63, 3.8) is 0 Å². The third-order valence-electron chi connectivity index (χ3n) is 2.51. The summed E-state index contributed by atoms with van der Waals surface area (Å²) in [6, 6.07) is 0.247. The van der Waals surface area contributed by atoms with Gasteiger partial charge in [0.25, 0.3) is 0 Å². The van der Waals surface area contributed by atoms with Gasteiger partial charge < -0.3 is 15.4 Å². The minimum Gasteiger partial charge on any atom is -0.385 e. The molecule has 0 rings (SSSR count). The maximum Gasteiger partial charge on any atom is 0.236 e. The van der Waals surface area contributed by atoms with E-state index in [9.17, 15) is 4.79 Å². The highest BCUT2D eigenvalue weighted by atomic mass is 32.2. The van der Waals surface area contributed by atoms with Gasteiger partial charge in [0.15, 0.2) is 0 Å². The van der Waals surface area contributed by atoms with Gasteiger partial charge in [-0.2, -0.15) is 11.8 Å². The molecule has 1 amide bonds. The van der Waals surface area contributed by atoms with Crippen molar-refractivity contribution in [2.45, 2.75) is 38.8 Å². The quantitative estimate of drug-likeness (QED) is 0.582. The Hall–Kier alpha value is -0.260. The zero-order chi connectivity index (χ0) is 13.1. The van der Waals surface area contributed by atoms with Crippen LogP contribution in [0.15, 0.2) is 0 Å². The van der Waals surface area contributed by atoms with Crippen molar-refractivity contribution in [2.24, 2.45) is 0 Å². The molecule has 0 aliphatic heterocycles. The largest absolute Gasteiger partial charge is 0.385 e. The van der Waals surface area contributed by atoms with E-state index < -0.39 is 0 Å². The van der Waals surface area contributed by atoms with Crippen LogP contribution in [0.1, 0.15) is 26.7 Å². The lowest BCUT2D eigenvalue weighted by Gasteiger charge is -2.19. The Labute approximate surface area is 109 Å². The van der Waals surface area contributed by atoms with Gasteiger partial charge in [0.1, 0.15) is 0 Å². The van der Waals surface area contributed by atoms with E-state index in [4.69, 9.17) is 4.74 Å². The highest BCUT2D eigenvalue weighted by molar-refractivity contribution is 7.98. The molecule has 0 saturated heterocycles. The molecule has 0 saturated carbocycles. The second-order valence-electron chi connectivity index (χ2n) is 4.21. The molecule has 2 N–H and O–H groups in total. The number of hydrogen-bond acceptors (Lipinski definition) is 4. The molecule has 0 aliphatic carbocycles. The summed E-state index contributed by atoms with van der Waals surface area (Å²) in [5, 5.41) is 6.19. The van der Waals surface area contributed by atoms with Gasteiger partial charge in [-0.05, 0) is 38.7 Å². The zero-order valence-electron chi connectivity index (χ0n) is 11.4. The van der Waals surface area contributed by atoms with Crippen LogP contribution >= 0.6 is 11.8 Å². The highest BCUT2D eigenvalue weighted by Gasteiger charge is 2.14. The number of thioether (sulfide) groups is 1. The molecular formula is C12H26N2O2S. The summed E-state index contributed by atoms with van der Waals surface area (Å²) in [4.78, 5) is 11.7. The summed E-state index contributed by atoms with van der Waals surface area (Å²) in [7, 11) is 1.67. The van der Waals surface area contributed by atoms with Gasteiger partial charge in [-0.3, -0.25) is 4.79 Å². The van der Waals surface area contributed by atoms with E-state index in [1.165, 1.54) is 0 Å². The van der Waals surface area contributed by atoms with Crippen molar-refractivity contribution in [1.29, 1.82) is 0 Å². The number of nitrogens with one attached hydrogen (secondary N) is 2. The van der Waals surface area contributed by atoms with Crippen LogP contribution in [0.3, 0.4) is 0 Å². The van der Waals surface area contributed by atoms with Gasteiger partial charge >= 0.3 is 0 Å². The van der Waals surface area contributed by atoms with Crippen molar-refractivity contribution in [3.8, 4) is 0 Å². The fourth-order valence-electron chi connectivity index (χ4n) is 1.46. The molecule has 4 nitrogen and oxygen atoms in total. The van der Waals surface area contributed by atoms with Gasteiger partial charge in [-0.15, -0.1) is 0 Å². The number of methoxy groups -OCH3 is 1. The number of hydrogen-bond donors (Lipinski definition) is 2. The number of carbonyl (C=O) groups is 1. The van der Waals surface area contributed by atoms with Gasteiger partial charge in [-0.1, -0.05) is 0 Å². The lowest BCUT2D eigenvalue weighted by molar-refractivity contribution is -0.122. The fraction of sp³-hybridized carbons (Fsp3) is 0.917. The minimum absolute atomic E-state index is 0.0668. The van der Waals surface area contributed by atoms with E-state index >= 15 is 0 Å². The molecule has 0 aliphatic rings. The van der Waals surface area contributed by atoms with E-state index in [1.54, 1.807) is 7.11 Å². The molecule has 0 bridgehead atoms. The van der Waals surface area contributed by atoms with Crippen LogP contribution in [0, 0.1) is 0 Å². The maximum atomic E-state index is 11.7. The van der Waals surface area contributed by atoms with Crippen LogP contribution < -0.4 is 10.6 Å². The fourth-order valence-corrected chi connectivity index (χ4v) is 2.05. The third-order valence-corrected chi connectivity index (χ3v) is 3.15. The minimum atomic E-state index is -0.130. The molecule has 2 unspecified atom stereocenters. The molecule has 0 fully saturated rings. The van der Waals surface area contributed by atoms with Crippen LogP contribution in [-0.2, 0) is 9.53 Å². The van der Waals surface area contributed by atoms with Crippen LogP contribution in [0.4, 0.5) is 0 Å². The summed E-state index contributed by atoms with van der Waals surface area (Å²) in [5.41, 5.74) is 0. The molecule has 17 heavy (non-hydrogen) atoms. The molecule has 0 spiro atoms. The summed E-state index contributed by atoms with van der Waals surface area (Å²) in [6.07, 6.45) is 4.04. The molecule has 0 heterocycles. The van der Waals surface area contributed by atoms with Crippen LogP contribution in [0.2, 0.25) is 0 Å². The first-order valence-corrected chi connectivity index (χ1v) is 7.52. The summed E-state index contributed by atoms with van der Waals surface area (Å²) in [5.74, 6) is 1.19. The molecule has 102 valence electrons. The topological polar surface area (TPSA) is 50.4 Å². The number of ether oxygens (including phenoxy) is 1. The Bertz CT molecular complexity index is 203. The summed E-state index contributed by atoms with van der Waals surface area (Å²) >= 11 is 1.83. The summed E-state index contributed by atoms with van der Waals surface area (Å²) in [6.45, 7) is 5.39. The number of amides is 1. The highest BCUT2D eigenvalue weighted by Crippen LogP contribution is 2.00. The molecule has 0 aromatic heterocycles. The van der Waals surface area contributed by atoms with E-state index in [1.807, 2.05) is 18.7 Å². The van der Waals surface area contributed by atoms with Gasteiger partial charge in [0.2, 0.25) is 5.91 Å². The molecule has 0 radical (unpaired) electrons. The Morgan fingerprint density at radius 1 is 1.41 bits per heavy atom. The Morgan fingerprint density at radius 2 is 2.12 bits per heavy atom. The lowest BCUT2D eigenvalue weighted by atomic mass is 10.2. The third kappa shape index (κ3) is 9.44. The van der Waals surface area contributed by atoms with Gasteiger partial charge in [0.05, 0.1) is 6.04 Å². The smallest absolute Gasteiger partial charge is 0.236 e. The Morgan fingerprint density at radius 3 is 2.71 bits per heavy atom. The van der Waals surface area contributed by atoms with Crippen molar-refractivity contribution >= 4 is 17.7 Å². The van der Waals surface area contributed by atoms with Crippen molar-refractivity contribution in [3.05, 3.63) is 0 Å². The Kier molecular flexibility index (Phi) is 10.7. The van der Waals surface area contributed by atoms with Crippen LogP contribution in [0.25, 0.3) is 0 Å². The van der Waals surface area contributed by atoms with Gasteiger partial charge in [-0.25, -0.2) is 0 Å². The molecular weight excluding hydrogens is 236 g/mol. The molecule has 5 heteroatoms. The van der Waals surface area contributed by atoms with E-state index in [0.717, 1.165) is 18.6 Å². The zero-order valence-corrected chi connectivity index (χ0v) is 12.2. The second-order valence-corrected chi connectivity index (χ2v) is 5.19. The van der Waals surface area contributed by atoms with Crippen molar-refractivity contribution in [1.82, 2.24) is 10.6 Å².